The second kappa shape index (κ2) is 9.62. The van der Waals surface area contributed by atoms with Crippen molar-refractivity contribution >= 4 is 88.2 Å². The molecule has 0 spiro atoms. The molecule has 0 aliphatic carbocycles. The van der Waals surface area contributed by atoms with E-state index in [4.69, 9.17) is 14.4 Å². The van der Waals surface area contributed by atoms with E-state index >= 15 is 0 Å². The lowest BCUT2D eigenvalue weighted by molar-refractivity contribution is 0.671. The molecule has 0 amide bonds. The van der Waals surface area contributed by atoms with Crippen LogP contribution in [0.1, 0.15) is 0 Å². The highest BCUT2D eigenvalue weighted by molar-refractivity contribution is 7.99. The molecule has 0 atom stereocenters. The Morgan fingerprint density at radius 3 is 2.06 bits per heavy atom. The van der Waals surface area contributed by atoms with Gasteiger partial charge in [0.05, 0.1) is 33.3 Å². The van der Waals surface area contributed by atoms with Crippen molar-refractivity contribution in [3.63, 3.8) is 0 Å². The Hall–Kier alpha value is -6.37. The van der Waals surface area contributed by atoms with E-state index in [0.717, 1.165) is 93.4 Å². The van der Waals surface area contributed by atoms with E-state index in [-0.39, 0.29) is 0 Å². The number of hydrogen-bond donors (Lipinski definition) is 0. The average molecular weight is 657 g/mol. The molecule has 11 aromatic rings. The van der Waals surface area contributed by atoms with Gasteiger partial charge in [0.15, 0.2) is 5.58 Å². The predicted octanol–water partition coefficient (Wildman–Crippen LogP) is 11.9. The second-order valence-electron chi connectivity index (χ2n) is 12.9. The highest BCUT2D eigenvalue weighted by atomic mass is 32.2. The molecule has 4 aromatic heterocycles. The first-order valence-electron chi connectivity index (χ1n) is 16.8. The van der Waals surface area contributed by atoms with E-state index < -0.39 is 0 Å². The zero-order valence-electron chi connectivity index (χ0n) is 26.5. The average Bonchev–Trinajstić information content (AvgIpc) is 3.83. The highest BCUT2D eigenvalue weighted by Gasteiger charge is 2.27. The molecule has 12 rings (SSSR count). The molecule has 0 radical (unpaired) electrons. The van der Waals surface area contributed by atoms with Gasteiger partial charge in [-0.05, 0) is 48.5 Å². The first-order chi connectivity index (χ1) is 24.8. The third-order valence-corrected chi connectivity index (χ3v) is 11.5. The molecular weight excluding hydrogens is 633 g/mol. The predicted molar refractivity (Wildman–Crippen MR) is 205 cm³/mol. The van der Waals surface area contributed by atoms with E-state index in [1.54, 1.807) is 11.8 Å². The molecule has 0 saturated carbocycles. The summed E-state index contributed by atoms with van der Waals surface area (Å²) in [5, 5.41) is 7.92. The summed E-state index contributed by atoms with van der Waals surface area (Å²) in [5.74, 6) is 0.656. The highest BCUT2D eigenvalue weighted by Crippen LogP contribution is 2.48. The van der Waals surface area contributed by atoms with Crippen LogP contribution in [0, 0.1) is 0 Å². The maximum Gasteiger partial charge on any atom is 0.235 e. The molecule has 5 nitrogen and oxygen atoms in total. The SMILES string of the molecule is c1ccc(-n2c3c(ccc4c5ccccc5oc43)c3ccc4c5ccccc5n(-c5nc6c7c(cccc7n5)Sc5ccccc5-6)c4c32)cc1. The summed E-state index contributed by atoms with van der Waals surface area (Å²) in [6, 6.07) is 51.5. The molecule has 0 bridgehead atoms. The van der Waals surface area contributed by atoms with E-state index in [0.29, 0.717) is 5.95 Å². The third kappa shape index (κ3) is 3.38. The molecule has 0 N–H and O–H groups in total. The van der Waals surface area contributed by atoms with E-state index in [2.05, 4.69) is 149 Å². The summed E-state index contributed by atoms with van der Waals surface area (Å²) in [6.07, 6.45) is 0. The Bertz CT molecular complexity index is 3240. The molecular formula is C44H24N4OS. The minimum absolute atomic E-state index is 0.656. The van der Waals surface area contributed by atoms with Gasteiger partial charge in [0.25, 0.3) is 0 Å². The fourth-order valence-electron chi connectivity index (χ4n) is 8.24. The summed E-state index contributed by atoms with van der Waals surface area (Å²) in [5.41, 5.74) is 10.2. The molecule has 232 valence electrons. The van der Waals surface area contributed by atoms with Crippen LogP contribution in [0.2, 0.25) is 0 Å². The lowest BCUT2D eigenvalue weighted by atomic mass is 10.1. The fraction of sp³-hybridized carbons (Fsp3) is 0. The largest absolute Gasteiger partial charge is 0.454 e. The Labute approximate surface area is 289 Å². The van der Waals surface area contributed by atoms with Crippen LogP contribution < -0.4 is 0 Å². The summed E-state index contributed by atoms with van der Waals surface area (Å²) >= 11 is 1.79. The van der Waals surface area contributed by atoms with Gasteiger partial charge in [-0.3, -0.25) is 4.57 Å². The maximum atomic E-state index is 6.72. The van der Waals surface area contributed by atoms with Gasteiger partial charge in [0.2, 0.25) is 5.95 Å². The lowest BCUT2D eigenvalue weighted by Gasteiger charge is -2.20. The van der Waals surface area contributed by atoms with Crippen LogP contribution in [0.25, 0.3) is 99.3 Å². The van der Waals surface area contributed by atoms with Crippen LogP contribution in [-0.4, -0.2) is 19.1 Å². The van der Waals surface area contributed by atoms with Crippen molar-refractivity contribution in [3.8, 4) is 22.9 Å². The number of fused-ring (bicyclic) bond motifs is 13. The van der Waals surface area contributed by atoms with Crippen LogP contribution in [0.15, 0.2) is 160 Å². The number of hydrogen-bond acceptors (Lipinski definition) is 4. The van der Waals surface area contributed by atoms with Gasteiger partial charge in [0, 0.05) is 58.7 Å². The zero-order valence-corrected chi connectivity index (χ0v) is 27.3. The van der Waals surface area contributed by atoms with Gasteiger partial charge in [-0.25, -0.2) is 9.97 Å². The quantitative estimate of drug-likeness (QED) is 0.186. The number of furan rings is 1. The Morgan fingerprint density at radius 2 is 1.16 bits per heavy atom. The minimum Gasteiger partial charge on any atom is -0.454 e. The van der Waals surface area contributed by atoms with Crippen LogP contribution in [0.3, 0.4) is 0 Å². The van der Waals surface area contributed by atoms with Crippen molar-refractivity contribution in [1.29, 1.82) is 0 Å². The number of rotatable bonds is 2. The topological polar surface area (TPSA) is 48.8 Å². The number of aromatic nitrogens is 4. The molecule has 7 aromatic carbocycles. The maximum absolute atomic E-state index is 6.72. The Morgan fingerprint density at radius 1 is 0.480 bits per heavy atom. The summed E-state index contributed by atoms with van der Waals surface area (Å²) in [7, 11) is 0. The summed E-state index contributed by atoms with van der Waals surface area (Å²) in [4.78, 5) is 13.2. The van der Waals surface area contributed by atoms with Crippen molar-refractivity contribution in [1.82, 2.24) is 19.1 Å². The first kappa shape index (κ1) is 26.6. The van der Waals surface area contributed by atoms with Gasteiger partial charge < -0.3 is 8.98 Å². The molecule has 6 heteroatoms. The number of nitrogens with zero attached hydrogens (tertiary/aromatic N) is 4. The molecule has 5 heterocycles. The smallest absolute Gasteiger partial charge is 0.235 e. The Balaban J connectivity index is 1.31. The van der Waals surface area contributed by atoms with E-state index in [9.17, 15) is 0 Å². The van der Waals surface area contributed by atoms with Crippen LogP contribution in [-0.2, 0) is 0 Å². The van der Waals surface area contributed by atoms with Crippen LogP contribution >= 0.6 is 11.8 Å². The van der Waals surface area contributed by atoms with Crippen LogP contribution in [0.4, 0.5) is 0 Å². The fourth-order valence-corrected chi connectivity index (χ4v) is 9.35. The van der Waals surface area contributed by atoms with Gasteiger partial charge in [-0.2, -0.15) is 0 Å². The normalized spacial score (nSPS) is 12.7. The van der Waals surface area contributed by atoms with E-state index in [1.807, 2.05) is 6.07 Å². The van der Waals surface area contributed by atoms with Gasteiger partial charge in [0.1, 0.15) is 5.58 Å². The molecule has 50 heavy (non-hydrogen) atoms. The summed E-state index contributed by atoms with van der Waals surface area (Å²) in [6.45, 7) is 0. The van der Waals surface area contributed by atoms with Crippen molar-refractivity contribution in [2.75, 3.05) is 0 Å². The van der Waals surface area contributed by atoms with Crippen LogP contribution in [0.5, 0.6) is 0 Å². The van der Waals surface area contributed by atoms with Crippen molar-refractivity contribution in [3.05, 3.63) is 146 Å². The van der Waals surface area contributed by atoms with Crippen molar-refractivity contribution in [2.45, 2.75) is 9.79 Å². The molecule has 1 aliphatic rings. The lowest BCUT2D eigenvalue weighted by Crippen LogP contribution is -2.06. The number of benzene rings is 7. The van der Waals surface area contributed by atoms with E-state index in [1.165, 1.54) is 9.79 Å². The molecule has 0 fully saturated rings. The van der Waals surface area contributed by atoms with Gasteiger partial charge in [-0.1, -0.05) is 109 Å². The van der Waals surface area contributed by atoms with Gasteiger partial charge in [-0.15, -0.1) is 0 Å². The molecule has 0 unspecified atom stereocenters. The monoisotopic (exact) mass is 656 g/mol. The summed E-state index contributed by atoms with van der Waals surface area (Å²) < 4.78 is 11.4. The Kier molecular flexibility index (Phi) is 5.11. The molecule has 1 aliphatic heterocycles. The minimum atomic E-state index is 0.656. The molecule has 0 saturated heterocycles. The van der Waals surface area contributed by atoms with Gasteiger partial charge >= 0.3 is 0 Å². The zero-order chi connectivity index (χ0) is 32.5. The van der Waals surface area contributed by atoms with Crippen molar-refractivity contribution < 1.29 is 4.42 Å². The standard InChI is InChI=1S/C44H24N4OS/c1-2-11-25(12-3-1)47-40-29(30-23-24-31-27-14-5-8-18-35(27)49-43(31)42(30)47)22-21-28-26-13-4-7-17-34(26)48(41(28)40)44-45-33-16-10-20-37-38(33)39(46-44)32-15-6-9-19-36(32)50-37/h1-24H. The third-order valence-electron chi connectivity index (χ3n) is 10.3. The number of para-hydroxylation sites is 3. The first-order valence-corrected chi connectivity index (χ1v) is 17.6. The van der Waals surface area contributed by atoms with Crippen molar-refractivity contribution in [2.24, 2.45) is 0 Å². The second-order valence-corrected chi connectivity index (χ2v) is 14.0.